The number of alkyl halides is 3. The molecule has 0 aliphatic carbocycles. The summed E-state index contributed by atoms with van der Waals surface area (Å²) in [7, 11) is 0. The first-order valence-corrected chi connectivity index (χ1v) is 11.0. The van der Waals surface area contributed by atoms with Crippen molar-refractivity contribution in [3.05, 3.63) is 83.8 Å². The predicted octanol–water partition coefficient (Wildman–Crippen LogP) is 6.45. The van der Waals surface area contributed by atoms with Crippen LogP contribution in [0.1, 0.15) is 42.6 Å². The average Bonchev–Trinajstić information content (AvgIpc) is 3.18. The number of anilines is 1. The van der Waals surface area contributed by atoms with Gasteiger partial charge < -0.3 is 5.32 Å². The fraction of sp³-hybridized carbons (Fsp3) is 0.208. The number of amides is 1. The lowest BCUT2D eigenvalue weighted by atomic mass is 9.91. The van der Waals surface area contributed by atoms with E-state index >= 15 is 0 Å². The third kappa shape index (κ3) is 5.03. The molecule has 2 aromatic heterocycles. The molecule has 1 amide bonds. The van der Waals surface area contributed by atoms with E-state index in [1.807, 2.05) is 42.5 Å². The van der Waals surface area contributed by atoms with Crippen LogP contribution in [0, 0.1) is 0 Å². The first-order chi connectivity index (χ1) is 15.5. The molecule has 33 heavy (non-hydrogen) atoms. The Hall–Kier alpha value is -3.33. The van der Waals surface area contributed by atoms with Crippen molar-refractivity contribution in [2.75, 3.05) is 5.32 Å². The highest BCUT2D eigenvalue weighted by atomic mass is 32.2. The summed E-state index contributed by atoms with van der Waals surface area (Å²) in [6.45, 7) is 5.33. The van der Waals surface area contributed by atoms with Crippen LogP contribution in [0.5, 0.6) is 0 Å². The fourth-order valence-corrected chi connectivity index (χ4v) is 4.06. The molecular formula is C24H21F3N4OS. The highest BCUT2D eigenvalue weighted by molar-refractivity contribution is 7.99. The third-order valence-corrected chi connectivity index (χ3v) is 5.91. The van der Waals surface area contributed by atoms with Gasteiger partial charge in [-0.15, -0.1) is 0 Å². The van der Waals surface area contributed by atoms with Crippen molar-refractivity contribution in [1.29, 1.82) is 0 Å². The fourth-order valence-electron chi connectivity index (χ4n) is 3.13. The number of carbonyl (C=O) groups is 1. The number of fused-ring (bicyclic) bond motifs is 1. The van der Waals surface area contributed by atoms with Crippen molar-refractivity contribution < 1.29 is 18.0 Å². The van der Waals surface area contributed by atoms with Gasteiger partial charge in [-0.05, 0) is 30.3 Å². The third-order valence-electron chi connectivity index (χ3n) is 4.82. The van der Waals surface area contributed by atoms with Crippen molar-refractivity contribution in [2.45, 2.75) is 42.2 Å². The molecule has 170 valence electrons. The largest absolute Gasteiger partial charge is 0.433 e. The molecule has 4 aromatic rings. The molecule has 0 atom stereocenters. The SMILES string of the molecule is CC(C)(C)c1cc(C(F)(F)F)n2nc(C(=O)Nc3ccccc3Sc3ccccc3)cc2n1. The van der Waals surface area contributed by atoms with E-state index in [9.17, 15) is 18.0 Å². The van der Waals surface area contributed by atoms with Crippen molar-refractivity contribution in [3.63, 3.8) is 0 Å². The van der Waals surface area contributed by atoms with Crippen molar-refractivity contribution in [3.8, 4) is 0 Å². The molecule has 0 aliphatic heterocycles. The molecule has 0 saturated carbocycles. The molecule has 0 spiro atoms. The summed E-state index contributed by atoms with van der Waals surface area (Å²) in [6, 6.07) is 19.1. The maximum atomic E-state index is 13.7. The Balaban J connectivity index is 1.69. The minimum Gasteiger partial charge on any atom is -0.320 e. The minimum absolute atomic E-state index is 0.0353. The molecule has 0 saturated heterocycles. The summed E-state index contributed by atoms with van der Waals surface area (Å²) in [5.74, 6) is -0.618. The number of nitrogens with zero attached hydrogens (tertiary/aromatic N) is 3. The van der Waals surface area contributed by atoms with Gasteiger partial charge in [-0.1, -0.05) is 62.9 Å². The molecule has 2 heterocycles. The van der Waals surface area contributed by atoms with Gasteiger partial charge >= 0.3 is 6.18 Å². The maximum absolute atomic E-state index is 13.7. The number of hydrogen-bond donors (Lipinski definition) is 1. The van der Waals surface area contributed by atoms with Gasteiger partial charge in [-0.2, -0.15) is 18.3 Å². The molecule has 4 rings (SSSR count). The van der Waals surface area contributed by atoms with Gasteiger partial charge in [0, 0.05) is 21.3 Å². The van der Waals surface area contributed by atoms with E-state index < -0.39 is 23.2 Å². The van der Waals surface area contributed by atoms with Crippen LogP contribution in [-0.2, 0) is 11.6 Å². The molecule has 2 aromatic carbocycles. The van der Waals surface area contributed by atoms with Gasteiger partial charge in [-0.25, -0.2) is 9.50 Å². The standard InChI is InChI=1S/C24H21F3N4OS/c1-23(2,3)19-14-20(24(25,26)27)31-21(29-19)13-17(30-31)22(32)28-16-11-7-8-12-18(16)33-15-9-5-4-6-10-15/h4-14H,1-3H3,(H,28,32). The number of halogens is 3. The number of rotatable bonds is 4. The lowest BCUT2D eigenvalue weighted by Gasteiger charge is -2.19. The van der Waals surface area contributed by atoms with E-state index in [2.05, 4.69) is 15.4 Å². The zero-order chi connectivity index (χ0) is 23.8. The Morgan fingerprint density at radius 2 is 1.64 bits per heavy atom. The Morgan fingerprint density at radius 1 is 0.970 bits per heavy atom. The minimum atomic E-state index is -4.65. The van der Waals surface area contributed by atoms with E-state index in [4.69, 9.17) is 0 Å². The molecule has 0 bridgehead atoms. The van der Waals surface area contributed by atoms with Crippen molar-refractivity contribution in [2.24, 2.45) is 0 Å². The van der Waals surface area contributed by atoms with Crippen molar-refractivity contribution >= 4 is 29.0 Å². The first kappa shape index (κ1) is 22.8. The number of carbonyl (C=O) groups excluding carboxylic acids is 1. The van der Waals surface area contributed by atoms with Crippen LogP contribution >= 0.6 is 11.8 Å². The summed E-state index contributed by atoms with van der Waals surface area (Å²) in [5, 5.41) is 6.69. The molecule has 0 unspecified atom stereocenters. The number of para-hydroxylation sites is 1. The van der Waals surface area contributed by atoms with Crippen LogP contribution in [0.4, 0.5) is 18.9 Å². The van der Waals surface area contributed by atoms with E-state index in [-0.39, 0.29) is 17.0 Å². The van der Waals surface area contributed by atoms with Crippen LogP contribution < -0.4 is 5.32 Å². The summed E-state index contributed by atoms with van der Waals surface area (Å²) in [5.41, 5.74) is -0.976. The molecule has 0 fully saturated rings. The van der Waals surface area contributed by atoms with Crippen LogP contribution in [0.3, 0.4) is 0 Å². The van der Waals surface area contributed by atoms with Crippen LogP contribution in [0.25, 0.3) is 5.65 Å². The zero-order valence-electron chi connectivity index (χ0n) is 18.1. The number of nitrogens with one attached hydrogen (secondary N) is 1. The highest BCUT2D eigenvalue weighted by Gasteiger charge is 2.36. The van der Waals surface area contributed by atoms with Crippen molar-refractivity contribution in [1.82, 2.24) is 14.6 Å². The molecule has 9 heteroatoms. The average molecular weight is 471 g/mol. The van der Waals surface area contributed by atoms with Crippen LogP contribution in [0.15, 0.2) is 76.5 Å². The quantitative estimate of drug-likeness (QED) is 0.372. The van der Waals surface area contributed by atoms with E-state index in [0.29, 0.717) is 10.2 Å². The Labute approximate surface area is 193 Å². The summed E-state index contributed by atoms with van der Waals surface area (Å²) < 4.78 is 41.8. The maximum Gasteiger partial charge on any atom is 0.433 e. The highest BCUT2D eigenvalue weighted by Crippen LogP contribution is 2.34. The predicted molar refractivity (Wildman–Crippen MR) is 122 cm³/mol. The van der Waals surface area contributed by atoms with Gasteiger partial charge in [0.1, 0.15) is 5.69 Å². The van der Waals surface area contributed by atoms with Gasteiger partial charge in [0.05, 0.1) is 11.4 Å². The zero-order valence-corrected chi connectivity index (χ0v) is 19.0. The first-order valence-electron chi connectivity index (χ1n) is 10.1. The monoisotopic (exact) mass is 470 g/mol. The normalized spacial score (nSPS) is 12.2. The molecule has 1 N–H and O–H groups in total. The van der Waals surface area contributed by atoms with E-state index in [1.165, 1.54) is 17.8 Å². The van der Waals surface area contributed by atoms with Gasteiger partial charge in [0.25, 0.3) is 5.91 Å². The Morgan fingerprint density at radius 3 is 2.30 bits per heavy atom. The molecule has 0 aliphatic rings. The molecular weight excluding hydrogens is 449 g/mol. The number of hydrogen-bond acceptors (Lipinski definition) is 4. The molecule has 0 radical (unpaired) electrons. The smallest absolute Gasteiger partial charge is 0.320 e. The second-order valence-electron chi connectivity index (χ2n) is 8.44. The summed E-state index contributed by atoms with van der Waals surface area (Å²) >= 11 is 1.47. The lowest BCUT2D eigenvalue weighted by molar-refractivity contribution is -0.142. The van der Waals surface area contributed by atoms with Gasteiger partial charge in [0.2, 0.25) is 0 Å². The molecule has 5 nitrogen and oxygen atoms in total. The van der Waals surface area contributed by atoms with E-state index in [1.54, 1.807) is 32.9 Å². The second-order valence-corrected chi connectivity index (χ2v) is 9.55. The Kier molecular flexibility index (Phi) is 5.92. The summed E-state index contributed by atoms with van der Waals surface area (Å²) in [6.07, 6.45) is -4.65. The lowest BCUT2D eigenvalue weighted by Crippen LogP contribution is -2.20. The number of benzene rings is 2. The Bertz CT molecular complexity index is 1310. The van der Waals surface area contributed by atoms with Crippen LogP contribution in [0.2, 0.25) is 0 Å². The van der Waals surface area contributed by atoms with Gasteiger partial charge in [-0.3, -0.25) is 4.79 Å². The topological polar surface area (TPSA) is 59.3 Å². The van der Waals surface area contributed by atoms with Crippen LogP contribution in [-0.4, -0.2) is 20.5 Å². The second kappa shape index (κ2) is 8.55. The van der Waals surface area contributed by atoms with Gasteiger partial charge in [0.15, 0.2) is 11.3 Å². The summed E-state index contributed by atoms with van der Waals surface area (Å²) in [4.78, 5) is 19.0. The van der Waals surface area contributed by atoms with E-state index in [0.717, 1.165) is 15.9 Å². The number of aromatic nitrogens is 3.